The summed E-state index contributed by atoms with van der Waals surface area (Å²) in [5, 5.41) is 7.45. The molecule has 0 saturated carbocycles. The van der Waals surface area contributed by atoms with E-state index in [1.807, 2.05) is 12.1 Å². The largest absolute Gasteiger partial charge is 0.495 e. The average molecular weight is 775 g/mol. The second kappa shape index (κ2) is 16.7. The second-order valence-electron chi connectivity index (χ2n) is 13.6. The van der Waals surface area contributed by atoms with Crippen molar-refractivity contribution in [2.75, 3.05) is 23.6 Å². The summed E-state index contributed by atoms with van der Waals surface area (Å²) in [6, 6.07) is 19.4. The number of pyridine rings is 1. The number of nitrogens with two attached hydrogens (primary N) is 1. The monoisotopic (exact) mass is 774 g/mol. The molecule has 0 aliphatic carbocycles. The molecule has 2 aromatic heterocycles. The molecule has 5 rings (SSSR count). The smallest absolute Gasteiger partial charge is 0.424 e. The van der Waals surface area contributed by atoms with Crippen LogP contribution in [0.3, 0.4) is 0 Å². The number of amides is 2. The lowest BCUT2D eigenvalue weighted by Crippen LogP contribution is -2.42. The fourth-order valence-corrected chi connectivity index (χ4v) is 5.95. The highest BCUT2D eigenvalue weighted by molar-refractivity contribution is 7.90. The minimum atomic E-state index is -3.65. The zero-order valence-electron chi connectivity index (χ0n) is 31.4. The summed E-state index contributed by atoms with van der Waals surface area (Å²) in [5.74, 6) is -2.77. The van der Waals surface area contributed by atoms with E-state index in [1.165, 1.54) is 42.0 Å². The SMILES string of the molecule is COc1cc(S(C)(=O)=O)ccc1N(C(=O)O[C@@H](OC(=O)[C@@H](N)C(C)C)C(C)C)c1nc2ccc(-c3ccc(NC(=O)[C@H](C)c4ccc(F)cc4)cc3)cn2n1. The Morgan fingerprint density at radius 1 is 0.873 bits per heavy atom. The van der Waals surface area contributed by atoms with E-state index >= 15 is 0 Å². The Morgan fingerprint density at radius 3 is 2.13 bits per heavy atom. The van der Waals surface area contributed by atoms with Crippen LogP contribution in [-0.4, -0.2) is 66.7 Å². The molecule has 0 radical (unpaired) electrons. The van der Waals surface area contributed by atoms with E-state index in [4.69, 9.17) is 19.9 Å². The first-order valence-corrected chi connectivity index (χ1v) is 19.2. The second-order valence-corrected chi connectivity index (χ2v) is 15.6. The summed E-state index contributed by atoms with van der Waals surface area (Å²) in [6.07, 6.45) is 0.335. The van der Waals surface area contributed by atoms with Crippen LogP contribution in [0.15, 0.2) is 90.0 Å². The lowest BCUT2D eigenvalue weighted by molar-refractivity contribution is -0.177. The van der Waals surface area contributed by atoms with Crippen LogP contribution in [0.5, 0.6) is 5.75 Å². The predicted molar refractivity (Wildman–Crippen MR) is 204 cm³/mol. The highest BCUT2D eigenvalue weighted by atomic mass is 32.2. The molecule has 0 unspecified atom stereocenters. The van der Waals surface area contributed by atoms with E-state index in [0.29, 0.717) is 16.9 Å². The van der Waals surface area contributed by atoms with Crippen molar-refractivity contribution in [3.63, 3.8) is 0 Å². The first kappa shape index (κ1) is 40.3. The maximum Gasteiger partial charge on any atom is 0.424 e. The van der Waals surface area contributed by atoms with Crippen molar-refractivity contribution < 1.29 is 41.4 Å². The molecule has 0 bridgehead atoms. The molecule has 2 amide bonds. The summed E-state index contributed by atoms with van der Waals surface area (Å²) in [4.78, 5) is 45.2. The summed E-state index contributed by atoms with van der Waals surface area (Å²) in [6.45, 7) is 8.63. The molecule has 16 heteroatoms. The van der Waals surface area contributed by atoms with E-state index in [2.05, 4.69) is 15.4 Å². The van der Waals surface area contributed by atoms with Gasteiger partial charge in [-0.05, 0) is 72.5 Å². The molecule has 55 heavy (non-hydrogen) atoms. The molecule has 0 spiro atoms. The van der Waals surface area contributed by atoms with E-state index in [1.54, 1.807) is 77.2 Å². The number of sulfone groups is 1. The van der Waals surface area contributed by atoms with Crippen molar-refractivity contribution in [2.24, 2.45) is 17.6 Å². The van der Waals surface area contributed by atoms with Crippen LogP contribution in [0.4, 0.5) is 26.5 Å². The molecule has 0 fully saturated rings. The van der Waals surface area contributed by atoms with E-state index in [9.17, 15) is 27.2 Å². The minimum Gasteiger partial charge on any atom is -0.495 e. The van der Waals surface area contributed by atoms with Gasteiger partial charge in [0.15, 0.2) is 15.5 Å². The van der Waals surface area contributed by atoms with Crippen LogP contribution in [0.2, 0.25) is 0 Å². The Bertz CT molecular complexity index is 2300. The lowest BCUT2D eigenvalue weighted by Gasteiger charge is -2.27. The highest BCUT2D eigenvalue weighted by Gasteiger charge is 2.33. The van der Waals surface area contributed by atoms with Gasteiger partial charge < -0.3 is 25.3 Å². The molecule has 2 heterocycles. The number of aromatic nitrogens is 3. The number of ether oxygens (including phenoxy) is 3. The molecule has 3 aromatic carbocycles. The minimum absolute atomic E-state index is 0.00131. The van der Waals surface area contributed by atoms with Gasteiger partial charge in [-0.15, -0.1) is 5.10 Å². The summed E-state index contributed by atoms with van der Waals surface area (Å²) in [7, 11) is -2.34. The molecule has 0 aliphatic rings. The van der Waals surface area contributed by atoms with Gasteiger partial charge in [-0.3, -0.25) is 9.59 Å². The third-order valence-corrected chi connectivity index (χ3v) is 9.87. The topological polar surface area (TPSA) is 185 Å². The number of carbonyl (C=O) groups is 3. The highest BCUT2D eigenvalue weighted by Crippen LogP contribution is 2.36. The van der Waals surface area contributed by atoms with Crippen molar-refractivity contribution >= 4 is 50.8 Å². The molecular formula is C39H43FN6O8S. The van der Waals surface area contributed by atoms with E-state index < -0.39 is 46.1 Å². The number of nitrogens with one attached hydrogen (secondary N) is 1. The number of fused-ring (bicyclic) bond motifs is 1. The average Bonchev–Trinajstić information content (AvgIpc) is 3.57. The number of hydrogen-bond acceptors (Lipinski definition) is 11. The number of hydrogen-bond donors (Lipinski definition) is 2. The van der Waals surface area contributed by atoms with Gasteiger partial charge in [0.1, 0.15) is 17.6 Å². The Hall–Kier alpha value is -5.87. The molecule has 5 aromatic rings. The number of esters is 1. The van der Waals surface area contributed by atoms with Crippen molar-refractivity contribution in [1.29, 1.82) is 0 Å². The van der Waals surface area contributed by atoms with Crippen molar-refractivity contribution in [3.05, 3.63) is 96.4 Å². The van der Waals surface area contributed by atoms with Crippen molar-refractivity contribution in [3.8, 4) is 16.9 Å². The molecule has 14 nitrogen and oxygen atoms in total. The first-order chi connectivity index (χ1) is 26.0. The number of benzene rings is 3. The molecule has 3 N–H and O–H groups in total. The zero-order valence-corrected chi connectivity index (χ0v) is 32.2. The van der Waals surface area contributed by atoms with Gasteiger partial charge in [0.05, 0.1) is 23.6 Å². The molecule has 290 valence electrons. The lowest BCUT2D eigenvalue weighted by atomic mass is 10.00. The fourth-order valence-electron chi connectivity index (χ4n) is 5.31. The van der Waals surface area contributed by atoms with Gasteiger partial charge in [0, 0.05) is 35.7 Å². The molecule has 0 aliphatic heterocycles. The number of nitrogens with zero attached hydrogens (tertiary/aromatic N) is 4. The summed E-state index contributed by atoms with van der Waals surface area (Å²) in [5.41, 5.74) is 9.13. The molecule has 0 saturated heterocycles. The van der Waals surface area contributed by atoms with Crippen LogP contribution >= 0.6 is 0 Å². The van der Waals surface area contributed by atoms with Crippen molar-refractivity contribution in [1.82, 2.24) is 14.6 Å². The molecule has 3 atom stereocenters. The standard InChI is InChI=1S/C39H43FN6O8S/c1-22(2)34(41)36(48)53-37(23(3)4)54-39(49)46(31-18-17-30(55(7,50)51)20-32(31)52-6)38-43-33-19-12-27(21-45(33)44-38)26-10-15-29(16-11-26)42-35(47)24(5)25-8-13-28(40)14-9-25/h8-24,34,37H,41H2,1-7H3,(H,42,47)/t24-,34+,37-/m1/s1. The Labute approximate surface area is 318 Å². The van der Waals surface area contributed by atoms with Crippen LogP contribution < -0.4 is 20.7 Å². The van der Waals surface area contributed by atoms with Crippen molar-refractivity contribution in [2.45, 2.75) is 57.8 Å². The maximum atomic E-state index is 14.1. The Balaban J connectivity index is 1.46. The quantitative estimate of drug-likeness (QED) is 0.0987. The molecular weight excluding hydrogens is 732 g/mol. The summed E-state index contributed by atoms with van der Waals surface area (Å²) < 4.78 is 56.3. The zero-order chi connectivity index (χ0) is 40.2. The number of methoxy groups -OCH3 is 1. The number of halogens is 1. The van der Waals surface area contributed by atoms with Gasteiger partial charge >= 0.3 is 12.1 Å². The van der Waals surface area contributed by atoms with Gasteiger partial charge in [-0.1, -0.05) is 52.0 Å². The third kappa shape index (κ3) is 9.45. The van der Waals surface area contributed by atoms with Gasteiger partial charge in [-0.25, -0.2) is 27.0 Å². The number of rotatable bonds is 13. The normalized spacial score (nSPS) is 13.3. The van der Waals surface area contributed by atoms with Crippen LogP contribution in [-0.2, 0) is 28.9 Å². The van der Waals surface area contributed by atoms with Gasteiger partial charge in [0.25, 0.3) is 12.2 Å². The Kier molecular flexibility index (Phi) is 12.2. The maximum absolute atomic E-state index is 14.1. The van der Waals surface area contributed by atoms with Crippen LogP contribution in [0.25, 0.3) is 16.8 Å². The van der Waals surface area contributed by atoms with Crippen LogP contribution in [0, 0.1) is 17.7 Å². The summed E-state index contributed by atoms with van der Waals surface area (Å²) >= 11 is 0. The predicted octanol–water partition coefficient (Wildman–Crippen LogP) is 6.47. The Morgan fingerprint density at radius 2 is 1.53 bits per heavy atom. The van der Waals surface area contributed by atoms with Gasteiger partial charge in [0.2, 0.25) is 5.91 Å². The fraction of sp³-hybridized carbons (Fsp3) is 0.308. The van der Waals surface area contributed by atoms with E-state index in [0.717, 1.165) is 22.3 Å². The number of anilines is 3. The third-order valence-electron chi connectivity index (χ3n) is 8.76. The van der Waals surface area contributed by atoms with Crippen LogP contribution in [0.1, 0.15) is 46.1 Å². The first-order valence-electron chi connectivity index (χ1n) is 17.3. The number of carbonyl (C=O) groups excluding carboxylic acids is 3. The van der Waals surface area contributed by atoms with Gasteiger partial charge in [-0.2, -0.15) is 4.98 Å². The van der Waals surface area contributed by atoms with E-state index in [-0.39, 0.29) is 39.9 Å².